The van der Waals surface area contributed by atoms with Gasteiger partial charge in [0, 0.05) is 13.2 Å². The predicted molar refractivity (Wildman–Crippen MR) is 70.4 cm³/mol. The van der Waals surface area contributed by atoms with Crippen LogP contribution in [0.15, 0.2) is 6.20 Å². The van der Waals surface area contributed by atoms with E-state index in [1.54, 1.807) is 18.7 Å². The number of esters is 1. The first kappa shape index (κ1) is 13.3. The topological polar surface area (TPSA) is 66.2 Å². The molecule has 6 heteroatoms. The first-order chi connectivity index (χ1) is 9.10. The third kappa shape index (κ3) is 2.25. The van der Waals surface area contributed by atoms with E-state index in [0.717, 1.165) is 11.2 Å². The summed E-state index contributed by atoms with van der Waals surface area (Å²) in [4.78, 5) is 16.2. The second kappa shape index (κ2) is 5.26. The Balaban J connectivity index is 2.68. The molecule has 2 aromatic heterocycles. The van der Waals surface area contributed by atoms with Crippen molar-refractivity contribution in [2.75, 3.05) is 13.2 Å². The largest absolute Gasteiger partial charge is 0.491 e. The minimum atomic E-state index is -0.431. The van der Waals surface area contributed by atoms with Gasteiger partial charge < -0.3 is 9.47 Å². The molecule has 0 fully saturated rings. The Morgan fingerprint density at radius 1 is 1.37 bits per heavy atom. The summed E-state index contributed by atoms with van der Waals surface area (Å²) in [5.74, 6) is 0.0493. The third-order valence-electron chi connectivity index (χ3n) is 2.76. The number of ether oxygens (including phenoxy) is 2. The van der Waals surface area contributed by atoms with Gasteiger partial charge in [-0.1, -0.05) is 0 Å². The summed E-state index contributed by atoms with van der Waals surface area (Å²) in [5, 5.41) is 4.30. The Morgan fingerprint density at radius 2 is 2.11 bits per heavy atom. The van der Waals surface area contributed by atoms with Crippen molar-refractivity contribution in [2.24, 2.45) is 7.05 Å². The highest BCUT2D eigenvalue weighted by Gasteiger charge is 2.21. The van der Waals surface area contributed by atoms with Crippen LogP contribution in [0.5, 0.6) is 5.75 Å². The van der Waals surface area contributed by atoms with Crippen LogP contribution in [-0.4, -0.2) is 33.9 Å². The van der Waals surface area contributed by atoms with Crippen molar-refractivity contribution in [3.63, 3.8) is 0 Å². The molecule has 0 unspecified atom stereocenters. The molecule has 0 spiro atoms. The van der Waals surface area contributed by atoms with Crippen LogP contribution < -0.4 is 4.74 Å². The van der Waals surface area contributed by atoms with Gasteiger partial charge in [0.05, 0.1) is 18.9 Å². The highest BCUT2D eigenvalue weighted by Crippen LogP contribution is 2.30. The van der Waals surface area contributed by atoms with Gasteiger partial charge in [0.25, 0.3) is 0 Å². The summed E-state index contributed by atoms with van der Waals surface area (Å²) in [6, 6.07) is 0. The molecule has 0 saturated carbocycles. The summed E-state index contributed by atoms with van der Waals surface area (Å²) >= 11 is 0. The minimum absolute atomic E-state index is 0.312. The first-order valence-electron chi connectivity index (χ1n) is 6.22. The first-order valence-corrected chi connectivity index (χ1v) is 6.22. The normalized spacial score (nSPS) is 10.7. The average Bonchev–Trinajstić information content (AvgIpc) is 2.66. The zero-order chi connectivity index (χ0) is 14.0. The van der Waals surface area contributed by atoms with Gasteiger partial charge in [-0.05, 0) is 20.8 Å². The second-order valence-electron chi connectivity index (χ2n) is 4.06. The summed E-state index contributed by atoms with van der Waals surface area (Å²) < 4.78 is 12.3. The molecule has 0 aliphatic carbocycles. The highest BCUT2D eigenvalue weighted by molar-refractivity contribution is 5.99. The maximum atomic E-state index is 11.9. The van der Waals surface area contributed by atoms with Crippen molar-refractivity contribution in [1.82, 2.24) is 14.8 Å². The summed E-state index contributed by atoms with van der Waals surface area (Å²) in [6.07, 6.45) is 1.49. The number of hydrogen-bond donors (Lipinski definition) is 0. The molecule has 0 aromatic carbocycles. The van der Waals surface area contributed by atoms with Crippen molar-refractivity contribution >= 4 is 17.0 Å². The van der Waals surface area contributed by atoms with Crippen molar-refractivity contribution in [1.29, 1.82) is 0 Å². The Morgan fingerprint density at radius 3 is 2.74 bits per heavy atom. The zero-order valence-corrected chi connectivity index (χ0v) is 11.6. The van der Waals surface area contributed by atoms with E-state index < -0.39 is 5.97 Å². The van der Waals surface area contributed by atoms with Crippen molar-refractivity contribution in [3.8, 4) is 5.75 Å². The number of aryl methyl sites for hydroxylation is 2. The fourth-order valence-corrected chi connectivity index (χ4v) is 2.02. The van der Waals surface area contributed by atoms with Crippen LogP contribution in [-0.2, 0) is 11.8 Å². The Hall–Kier alpha value is -2.11. The fraction of sp³-hybridized carbons (Fsp3) is 0.462. The smallest absolute Gasteiger partial charge is 0.343 e. The van der Waals surface area contributed by atoms with E-state index in [4.69, 9.17) is 9.47 Å². The van der Waals surface area contributed by atoms with E-state index in [9.17, 15) is 4.79 Å². The van der Waals surface area contributed by atoms with Crippen LogP contribution >= 0.6 is 0 Å². The van der Waals surface area contributed by atoms with Gasteiger partial charge in [-0.25, -0.2) is 4.79 Å². The number of nitrogens with zero attached hydrogens (tertiary/aromatic N) is 3. The lowest BCUT2D eigenvalue weighted by molar-refractivity contribution is 0.0522. The lowest BCUT2D eigenvalue weighted by Crippen LogP contribution is -2.09. The molecule has 102 valence electrons. The van der Waals surface area contributed by atoms with E-state index >= 15 is 0 Å². The average molecular weight is 263 g/mol. The van der Waals surface area contributed by atoms with Crippen molar-refractivity contribution < 1.29 is 14.3 Å². The molecule has 6 nitrogen and oxygen atoms in total. The molecule has 0 aliphatic heterocycles. The van der Waals surface area contributed by atoms with Gasteiger partial charge in [0.15, 0.2) is 5.75 Å². The minimum Gasteiger partial charge on any atom is -0.491 e. The maximum Gasteiger partial charge on any atom is 0.343 e. The second-order valence-corrected chi connectivity index (χ2v) is 4.06. The Kier molecular flexibility index (Phi) is 3.69. The van der Waals surface area contributed by atoms with Crippen LogP contribution in [0.25, 0.3) is 11.0 Å². The van der Waals surface area contributed by atoms with Crippen LogP contribution in [0.4, 0.5) is 0 Å². The van der Waals surface area contributed by atoms with Gasteiger partial charge in [-0.15, -0.1) is 0 Å². The number of carbonyl (C=O) groups is 1. The van der Waals surface area contributed by atoms with Crippen LogP contribution in [0.2, 0.25) is 0 Å². The molecular formula is C13H17N3O3. The molecular weight excluding hydrogens is 246 g/mol. The molecule has 0 aliphatic rings. The molecule has 0 bridgehead atoms. The number of hydrogen-bond acceptors (Lipinski definition) is 5. The molecule has 0 radical (unpaired) electrons. The van der Waals surface area contributed by atoms with Crippen molar-refractivity contribution in [2.45, 2.75) is 20.8 Å². The fourth-order valence-electron chi connectivity index (χ4n) is 2.02. The summed E-state index contributed by atoms with van der Waals surface area (Å²) in [6.45, 7) is 6.26. The standard InChI is InChI=1S/C13H17N3O3/c1-5-18-12-9(13(17)19-6-2)7-14-10-8(3)15-16(4)11(10)12/h7H,5-6H2,1-4H3. The number of fused-ring (bicyclic) bond motifs is 1. The SMILES string of the molecule is CCOC(=O)c1cnc2c(C)nn(C)c2c1OCC. The lowest BCUT2D eigenvalue weighted by atomic mass is 10.2. The van der Waals surface area contributed by atoms with Gasteiger partial charge in [-0.2, -0.15) is 5.10 Å². The lowest BCUT2D eigenvalue weighted by Gasteiger charge is -2.10. The quantitative estimate of drug-likeness (QED) is 0.787. The molecule has 19 heavy (non-hydrogen) atoms. The van der Waals surface area contributed by atoms with Crippen LogP contribution in [0, 0.1) is 6.92 Å². The van der Waals surface area contributed by atoms with Gasteiger partial charge in [-0.3, -0.25) is 9.67 Å². The maximum absolute atomic E-state index is 11.9. The molecule has 0 amide bonds. The van der Waals surface area contributed by atoms with E-state index in [-0.39, 0.29) is 0 Å². The number of carbonyl (C=O) groups excluding carboxylic acids is 1. The third-order valence-corrected chi connectivity index (χ3v) is 2.76. The molecule has 0 N–H and O–H groups in total. The summed E-state index contributed by atoms with van der Waals surface area (Å²) in [5.41, 5.74) is 2.58. The van der Waals surface area contributed by atoms with Crippen molar-refractivity contribution in [3.05, 3.63) is 17.5 Å². The number of aromatic nitrogens is 3. The molecule has 0 atom stereocenters. The summed E-state index contributed by atoms with van der Waals surface area (Å²) in [7, 11) is 1.80. The van der Waals surface area contributed by atoms with Crippen LogP contribution in [0.1, 0.15) is 29.9 Å². The molecule has 2 rings (SSSR count). The molecule has 2 aromatic rings. The Bertz CT molecular complexity index is 619. The molecule has 0 saturated heterocycles. The van der Waals surface area contributed by atoms with E-state index in [0.29, 0.717) is 30.0 Å². The number of rotatable bonds is 4. The number of pyridine rings is 1. The van der Waals surface area contributed by atoms with Gasteiger partial charge in [0.1, 0.15) is 16.6 Å². The van der Waals surface area contributed by atoms with Gasteiger partial charge in [0.2, 0.25) is 0 Å². The predicted octanol–water partition coefficient (Wildman–Crippen LogP) is 1.85. The molecule has 2 heterocycles. The van der Waals surface area contributed by atoms with E-state index in [1.165, 1.54) is 6.20 Å². The van der Waals surface area contributed by atoms with Gasteiger partial charge >= 0.3 is 5.97 Å². The highest BCUT2D eigenvalue weighted by atomic mass is 16.5. The monoisotopic (exact) mass is 263 g/mol. The van der Waals surface area contributed by atoms with E-state index in [2.05, 4.69) is 10.1 Å². The zero-order valence-electron chi connectivity index (χ0n) is 11.6. The van der Waals surface area contributed by atoms with E-state index in [1.807, 2.05) is 13.8 Å². The van der Waals surface area contributed by atoms with Crippen LogP contribution in [0.3, 0.4) is 0 Å². The Labute approximate surface area is 111 Å².